The lowest BCUT2D eigenvalue weighted by atomic mass is 9.99. The monoisotopic (exact) mass is 293 g/mol. The van der Waals surface area contributed by atoms with Gasteiger partial charge in [0.2, 0.25) is 0 Å². The molecule has 0 heterocycles. The molecule has 0 spiro atoms. The summed E-state index contributed by atoms with van der Waals surface area (Å²) in [6.07, 6.45) is 11.0. The van der Waals surface area contributed by atoms with Gasteiger partial charge in [-0.25, -0.2) is 4.39 Å². The van der Waals surface area contributed by atoms with Crippen molar-refractivity contribution in [2.75, 3.05) is 6.54 Å². The molecule has 0 amide bonds. The molecule has 0 radical (unpaired) electrons. The molecule has 1 rings (SSSR count). The molecule has 1 nitrogen and oxygen atoms in total. The van der Waals surface area contributed by atoms with E-state index in [2.05, 4.69) is 19.2 Å². The molecule has 0 saturated carbocycles. The molecule has 21 heavy (non-hydrogen) atoms. The first-order chi connectivity index (χ1) is 10.3. The number of nitrogens with one attached hydrogen (secondary N) is 1. The maximum atomic E-state index is 13.8. The molecule has 1 unspecified atom stereocenters. The fraction of sp³-hybridized carbons (Fsp3) is 0.684. The predicted molar refractivity (Wildman–Crippen MR) is 90.2 cm³/mol. The largest absolute Gasteiger partial charge is 0.314 e. The van der Waals surface area contributed by atoms with Gasteiger partial charge in [-0.1, -0.05) is 70.6 Å². The van der Waals surface area contributed by atoms with Gasteiger partial charge in [-0.3, -0.25) is 0 Å². The molecule has 1 N–H and O–H groups in total. The summed E-state index contributed by atoms with van der Waals surface area (Å²) in [6, 6.07) is 7.59. The minimum absolute atomic E-state index is 0.0660. The van der Waals surface area contributed by atoms with Crippen LogP contribution in [0.2, 0.25) is 0 Å². The topological polar surface area (TPSA) is 12.0 Å². The van der Waals surface area contributed by atoms with Crippen molar-refractivity contribution in [1.82, 2.24) is 5.32 Å². The molecule has 1 aromatic carbocycles. The molecule has 0 aromatic heterocycles. The van der Waals surface area contributed by atoms with Crippen LogP contribution in [-0.2, 0) is 6.42 Å². The first-order valence-corrected chi connectivity index (χ1v) is 8.74. The summed E-state index contributed by atoms with van der Waals surface area (Å²) >= 11 is 0. The van der Waals surface area contributed by atoms with Crippen LogP contribution in [-0.4, -0.2) is 12.6 Å². The van der Waals surface area contributed by atoms with Crippen molar-refractivity contribution in [3.05, 3.63) is 35.6 Å². The zero-order valence-corrected chi connectivity index (χ0v) is 13.8. The highest BCUT2D eigenvalue weighted by Crippen LogP contribution is 2.14. The Hall–Kier alpha value is -0.890. The third-order valence-corrected chi connectivity index (χ3v) is 4.01. The van der Waals surface area contributed by atoms with Crippen molar-refractivity contribution in [2.24, 2.45) is 0 Å². The number of halogens is 1. The van der Waals surface area contributed by atoms with E-state index in [9.17, 15) is 4.39 Å². The summed E-state index contributed by atoms with van der Waals surface area (Å²) in [5, 5.41) is 3.58. The van der Waals surface area contributed by atoms with Gasteiger partial charge >= 0.3 is 0 Å². The fourth-order valence-electron chi connectivity index (χ4n) is 2.73. The van der Waals surface area contributed by atoms with Crippen molar-refractivity contribution in [2.45, 2.75) is 77.7 Å². The van der Waals surface area contributed by atoms with Crippen LogP contribution in [0.3, 0.4) is 0 Å². The molecule has 0 aliphatic carbocycles. The molecule has 0 aliphatic heterocycles. The lowest BCUT2D eigenvalue weighted by Gasteiger charge is -2.19. The minimum Gasteiger partial charge on any atom is -0.314 e. The number of hydrogen-bond acceptors (Lipinski definition) is 1. The number of rotatable bonds is 12. The van der Waals surface area contributed by atoms with E-state index in [-0.39, 0.29) is 5.82 Å². The summed E-state index contributed by atoms with van der Waals surface area (Å²) in [5.74, 6) is -0.0660. The Labute approximate surface area is 130 Å². The maximum absolute atomic E-state index is 13.8. The summed E-state index contributed by atoms with van der Waals surface area (Å²) in [7, 11) is 0. The van der Waals surface area contributed by atoms with Crippen LogP contribution in [0.25, 0.3) is 0 Å². The lowest BCUT2D eigenvalue weighted by molar-refractivity contribution is 0.443. The van der Waals surface area contributed by atoms with Gasteiger partial charge in [0.1, 0.15) is 5.82 Å². The van der Waals surface area contributed by atoms with E-state index in [4.69, 9.17) is 0 Å². The normalized spacial score (nSPS) is 12.5. The summed E-state index contributed by atoms with van der Waals surface area (Å²) in [5.41, 5.74) is 0.845. The Morgan fingerprint density at radius 2 is 1.67 bits per heavy atom. The molecule has 2 heteroatoms. The van der Waals surface area contributed by atoms with Gasteiger partial charge in [-0.2, -0.15) is 0 Å². The minimum atomic E-state index is -0.0660. The molecular formula is C19H32FN. The van der Waals surface area contributed by atoms with Crippen LogP contribution in [0.4, 0.5) is 4.39 Å². The Morgan fingerprint density at radius 1 is 0.952 bits per heavy atom. The smallest absolute Gasteiger partial charge is 0.126 e. The average molecular weight is 293 g/mol. The van der Waals surface area contributed by atoms with Crippen LogP contribution < -0.4 is 5.32 Å². The van der Waals surface area contributed by atoms with Gasteiger partial charge in [0.05, 0.1) is 0 Å². The molecular weight excluding hydrogens is 261 g/mol. The second-order valence-electron chi connectivity index (χ2n) is 6.00. The molecule has 120 valence electrons. The van der Waals surface area contributed by atoms with Crippen molar-refractivity contribution in [3.63, 3.8) is 0 Å². The van der Waals surface area contributed by atoms with Crippen LogP contribution in [0, 0.1) is 5.82 Å². The van der Waals surface area contributed by atoms with E-state index in [1.807, 2.05) is 12.1 Å². The van der Waals surface area contributed by atoms with Crippen LogP contribution in [0.5, 0.6) is 0 Å². The summed E-state index contributed by atoms with van der Waals surface area (Å²) < 4.78 is 13.8. The van der Waals surface area contributed by atoms with Crippen molar-refractivity contribution in [1.29, 1.82) is 0 Å². The molecule has 0 aliphatic rings. The quantitative estimate of drug-likeness (QED) is 0.503. The first-order valence-electron chi connectivity index (χ1n) is 8.74. The predicted octanol–water partition coefficient (Wildman–Crippen LogP) is 5.49. The third-order valence-electron chi connectivity index (χ3n) is 4.01. The van der Waals surface area contributed by atoms with E-state index in [1.165, 1.54) is 38.5 Å². The number of hydrogen-bond donors (Lipinski definition) is 1. The Bertz CT molecular complexity index is 364. The zero-order valence-electron chi connectivity index (χ0n) is 13.8. The maximum Gasteiger partial charge on any atom is 0.126 e. The van der Waals surface area contributed by atoms with Gasteiger partial charge in [0.25, 0.3) is 0 Å². The van der Waals surface area contributed by atoms with Gasteiger partial charge in [0, 0.05) is 6.04 Å². The van der Waals surface area contributed by atoms with E-state index in [0.717, 1.165) is 31.4 Å². The Balaban J connectivity index is 2.35. The van der Waals surface area contributed by atoms with Gasteiger partial charge in [-0.05, 0) is 37.4 Å². The van der Waals surface area contributed by atoms with E-state index >= 15 is 0 Å². The van der Waals surface area contributed by atoms with E-state index in [0.29, 0.717) is 6.04 Å². The SMILES string of the molecule is CCCCCCCCC(Cc1ccccc1F)NCCC. The molecule has 0 bridgehead atoms. The standard InChI is InChI=1S/C19H32FN/c1-3-5-6-7-8-9-13-18(21-15-4-2)16-17-12-10-11-14-19(17)20/h10-12,14,18,21H,3-9,13,15-16H2,1-2H3. The molecule has 1 atom stereocenters. The summed E-state index contributed by atoms with van der Waals surface area (Å²) in [4.78, 5) is 0. The van der Waals surface area contributed by atoms with Crippen LogP contribution >= 0.6 is 0 Å². The van der Waals surface area contributed by atoms with Crippen molar-refractivity contribution < 1.29 is 4.39 Å². The second-order valence-corrected chi connectivity index (χ2v) is 6.00. The highest BCUT2D eigenvalue weighted by atomic mass is 19.1. The third kappa shape index (κ3) is 8.21. The molecule has 0 saturated heterocycles. The highest BCUT2D eigenvalue weighted by Gasteiger charge is 2.11. The van der Waals surface area contributed by atoms with Crippen LogP contribution in [0.15, 0.2) is 24.3 Å². The van der Waals surface area contributed by atoms with Gasteiger partial charge in [0.15, 0.2) is 0 Å². The molecule has 1 aromatic rings. The van der Waals surface area contributed by atoms with Gasteiger partial charge < -0.3 is 5.32 Å². The van der Waals surface area contributed by atoms with Crippen LogP contribution in [0.1, 0.15) is 70.8 Å². The highest BCUT2D eigenvalue weighted by molar-refractivity contribution is 5.18. The Morgan fingerprint density at radius 3 is 2.38 bits per heavy atom. The lowest BCUT2D eigenvalue weighted by Crippen LogP contribution is -2.32. The fourth-order valence-corrected chi connectivity index (χ4v) is 2.73. The Kier molecular flexibility index (Phi) is 10.1. The zero-order chi connectivity index (χ0) is 15.3. The first kappa shape index (κ1) is 18.2. The number of benzene rings is 1. The van der Waals surface area contributed by atoms with Crippen molar-refractivity contribution >= 4 is 0 Å². The second kappa shape index (κ2) is 11.7. The van der Waals surface area contributed by atoms with E-state index in [1.54, 1.807) is 12.1 Å². The number of unbranched alkanes of at least 4 members (excludes halogenated alkanes) is 5. The molecule has 0 fully saturated rings. The average Bonchev–Trinajstić information content (AvgIpc) is 2.50. The van der Waals surface area contributed by atoms with Gasteiger partial charge in [-0.15, -0.1) is 0 Å². The van der Waals surface area contributed by atoms with E-state index < -0.39 is 0 Å². The van der Waals surface area contributed by atoms with Crippen molar-refractivity contribution in [3.8, 4) is 0 Å². The summed E-state index contributed by atoms with van der Waals surface area (Å²) in [6.45, 7) is 5.45.